The van der Waals surface area contributed by atoms with E-state index in [4.69, 9.17) is 0 Å². The highest BCUT2D eigenvalue weighted by molar-refractivity contribution is 5.36. The van der Waals surface area contributed by atoms with Gasteiger partial charge in [0.15, 0.2) is 0 Å². The molecule has 0 amide bonds. The van der Waals surface area contributed by atoms with Crippen molar-refractivity contribution in [3.05, 3.63) is 18.1 Å². The summed E-state index contributed by atoms with van der Waals surface area (Å²) >= 11 is 0. The van der Waals surface area contributed by atoms with E-state index in [9.17, 15) is 0 Å². The maximum atomic E-state index is 4.54. The zero-order chi connectivity index (χ0) is 14.5. The van der Waals surface area contributed by atoms with Crippen LogP contribution in [0.15, 0.2) is 12.4 Å². The largest absolute Gasteiger partial charge is 0.353 e. The van der Waals surface area contributed by atoms with Gasteiger partial charge in [-0.05, 0) is 41.0 Å². The highest BCUT2D eigenvalue weighted by atomic mass is 15.2. The lowest BCUT2D eigenvalue weighted by Gasteiger charge is -2.27. The lowest BCUT2D eigenvalue weighted by molar-refractivity contribution is 0.421. The predicted molar refractivity (Wildman–Crippen MR) is 81.4 cm³/mol. The fourth-order valence-electron chi connectivity index (χ4n) is 1.82. The molecule has 0 atom stereocenters. The minimum atomic E-state index is 0.104. The third-order valence-electron chi connectivity index (χ3n) is 2.87. The molecule has 108 valence electrons. The zero-order valence-electron chi connectivity index (χ0n) is 13.2. The number of nitrogens with one attached hydrogen (secondary N) is 1. The molecule has 0 aliphatic carbocycles. The molecule has 0 aliphatic rings. The first-order chi connectivity index (χ1) is 8.83. The van der Waals surface area contributed by atoms with E-state index in [1.807, 2.05) is 12.4 Å². The zero-order valence-corrected chi connectivity index (χ0v) is 13.2. The Bertz CT molecular complexity index is 365. The first-order valence-corrected chi connectivity index (χ1v) is 7.16. The van der Waals surface area contributed by atoms with Gasteiger partial charge in [0.05, 0.1) is 18.1 Å². The third-order valence-corrected chi connectivity index (χ3v) is 2.87. The van der Waals surface area contributed by atoms with Crippen LogP contribution >= 0.6 is 0 Å². The number of anilines is 1. The Kier molecular flexibility index (Phi) is 5.73. The molecule has 0 fully saturated rings. The number of hydrogen-bond donors (Lipinski definition) is 1. The summed E-state index contributed by atoms with van der Waals surface area (Å²) in [5.74, 6) is 0.969. The van der Waals surface area contributed by atoms with Crippen molar-refractivity contribution >= 4 is 5.82 Å². The van der Waals surface area contributed by atoms with Gasteiger partial charge in [0.25, 0.3) is 0 Å². The summed E-state index contributed by atoms with van der Waals surface area (Å²) in [4.78, 5) is 11.3. The molecular weight excluding hydrogens is 236 g/mol. The molecule has 0 aliphatic heterocycles. The Morgan fingerprint density at radius 2 is 1.89 bits per heavy atom. The average Bonchev–Trinajstić information content (AvgIpc) is 2.33. The molecule has 0 saturated heterocycles. The minimum Gasteiger partial charge on any atom is -0.353 e. The molecular formula is C15H28N4. The second-order valence-electron chi connectivity index (χ2n) is 6.26. The van der Waals surface area contributed by atoms with Crippen LogP contribution < -0.4 is 10.2 Å². The molecule has 4 nitrogen and oxygen atoms in total. The summed E-state index contributed by atoms with van der Waals surface area (Å²) in [5.41, 5.74) is 1.09. The Labute approximate surface area is 117 Å². The smallest absolute Gasteiger partial charge is 0.147 e. The van der Waals surface area contributed by atoms with Gasteiger partial charge in [-0.15, -0.1) is 0 Å². The van der Waals surface area contributed by atoms with Gasteiger partial charge in [-0.3, -0.25) is 4.98 Å². The van der Waals surface area contributed by atoms with Crippen molar-refractivity contribution in [2.75, 3.05) is 11.4 Å². The van der Waals surface area contributed by atoms with E-state index in [0.29, 0.717) is 6.04 Å². The third kappa shape index (κ3) is 5.55. The predicted octanol–water partition coefficient (Wildman–Crippen LogP) is 2.99. The Balaban J connectivity index is 2.69. The number of nitrogens with zero attached hydrogens (tertiary/aromatic N) is 3. The van der Waals surface area contributed by atoms with Crippen LogP contribution in [0.2, 0.25) is 0 Å². The van der Waals surface area contributed by atoms with Crippen LogP contribution in [0.25, 0.3) is 0 Å². The van der Waals surface area contributed by atoms with Crippen molar-refractivity contribution in [3.63, 3.8) is 0 Å². The first kappa shape index (κ1) is 15.9. The molecule has 1 N–H and O–H groups in total. The van der Waals surface area contributed by atoms with E-state index in [-0.39, 0.29) is 5.54 Å². The van der Waals surface area contributed by atoms with Crippen molar-refractivity contribution in [2.45, 2.75) is 66.1 Å². The monoisotopic (exact) mass is 264 g/mol. The van der Waals surface area contributed by atoms with Gasteiger partial charge < -0.3 is 10.2 Å². The van der Waals surface area contributed by atoms with Crippen LogP contribution in [0.5, 0.6) is 0 Å². The van der Waals surface area contributed by atoms with Gasteiger partial charge in [-0.1, -0.05) is 6.92 Å². The number of hydrogen-bond acceptors (Lipinski definition) is 4. The summed E-state index contributed by atoms with van der Waals surface area (Å²) in [6.45, 7) is 14.8. The van der Waals surface area contributed by atoms with Crippen molar-refractivity contribution in [1.29, 1.82) is 0 Å². The van der Waals surface area contributed by atoms with Crippen molar-refractivity contribution in [3.8, 4) is 0 Å². The topological polar surface area (TPSA) is 41.1 Å². The highest BCUT2D eigenvalue weighted by Gasteiger charge is 2.12. The van der Waals surface area contributed by atoms with Gasteiger partial charge in [-0.2, -0.15) is 0 Å². The van der Waals surface area contributed by atoms with Crippen molar-refractivity contribution in [2.24, 2.45) is 0 Å². The van der Waals surface area contributed by atoms with Gasteiger partial charge in [0.1, 0.15) is 5.82 Å². The molecule has 1 rings (SSSR count). The Morgan fingerprint density at radius 1 is 1.21 bits per heavy atom. The van der Waals surface area contributed by atoms with Gasteiger partial charge in [0.2, 0.25) is 0 Å². The summed E-state index contributed by atoms with van der Waals surface area (Å²) in [7, 11) is 0. The second kappa shape index (κ2) is 6.85. The van der Waals surface area contributed by atoms with Crippen LogP contribution in [0, 0.1) is 0 Å². The maximum absolute atomic E-state index is 4.54. The van der Waals surface area contributed by atoms with Crippen LogP contribution in [-0.2, 0) is 6.54 Å². The lowest BCUT2D eigenvalue weighted by Crippen LogP contribution is -2.35. The molecule has 19 heavy (non-hydrogen) atoms. The number of aromatic nitrogens is 2. The molecule has 1 aromatic heterocycles. The molecule has 0 unspecified atom stereocenters. The van der Waals surface area contributed by atoms with Crippen LogP contribution in [0.4, 0.5) is 5.82 Å². The van der Waals surface area contributed by atoms with Crippen LogP contribution in [0.1, 0.15) is 53.7 Å². The van der Waals surface area contributed by atoms with E-state index in [2.05, 4.69) is 61.7 Å². The summed E-state index contributed by atoms with van der Waals surface area (Å²) < 4.78 is 0. The second-order valence-corrected chi connectivity index (χ2v) is 6.26. The van der Waals surface area contributed by atoms with Gasteiger partial charge in [0, 0.05) is 24.7 Å². The molecule has 0 spiro atoms. The molecule has 4 heteroatoms. The fourth-order valence-corrected chi connectivity index (χ4v) is 1.82. The first-order valence-electron chi connectivity index (χ1n) is 7.16. The lowest BCUT2D eigenvalue weighted by atomic mass is 10.1. The van der Waals surface area contributed by atoms with Gasteiger partial charge in [-0.25, -0.2) is 4.98 Å². The van der Waals surface area contributed by atoms with E-state index >= 15 is 0 Å². The molecule has 1 aromatic rings. The Morgan fingerprint density at radius 3 is 2.32 bits per heavy atom. The van der Waals surface area contributed by atoms with Crippen LogP contribution in [0.3, 0.4) is 0 Å². The van der Waals surface area contributed by atoms with E-state index < -0.39 is 0 Å². The molecule has 0 saturated carbocycles. The summed E-state index contributed by atoms with van der Waals surface area (Å²) in [6, 6.07) is 0.452. The van der Waals surface area contributed by atoms with E-state index in [0.717, 1.165) is 31.0 Å². The molecule has 0 aromatic carbocycles. The SMILES string of the molecule is CCCN(c1cnc(CNC(C)(C)C)cn1)C(C)C. The van der Waals surface area contributed by atoms with Crippen LogP contribution in [-0.4, -0.2) is 28.1 Å². The van der Waals surface area contributed by atoms with E-state index in [1.54, 1.807) is 0 Å². The molecule has 1 heterocycles. The maximum Gasteiger partial charge on any atom is 0.147 e. The highest BCUT2D eigenvalue weighted by Crippen LogP contribution is 2.13. The number of rotatable bonds is 6. The fraction of sp³-hybridized carbons (Fsp3) is 0.733. The normalized spacial score (nSPS) is 11.9. The quantitative estimate of drug-likeness (QED) is 0.857. The van der Waals surface area contributed by atoms with Crippen molar-refractivity contribution < 1.29 is 0 Å². The van der Waals surface area contributed by atoms with E-state index in [1.165, 1.54) is 0 Å². The minimum absolute atomic E-state index is 0.104. The Hall–Kier alpha value is -1.16. The summed E-state index contributed by atoms with van der Waals surface area (Å²) in [5, 5.41) is 3.42. The summed E-state index contributed by atoms with van der Waals surface area (Å²) in [6.07, 6.45) is 4.88. The average molecular weight is 264 g/mol. The standard InChI is InChI=1S/C15H28N4/c1-7-8-19(12(2)3)14-11-16-13(9-17-14)10-18-15(4,5)6/h9,11-12,18H,7-8,10H2,1-6H3. The van der Waals surface area contributed by atoms with Gasteiger partial charge >= 0.3 is 0 Å². The molecule has 0 radical (unpaired) electrons. The molecule has 0 bridgehead atoms. The van der Waals surface area contributed by atoms with Crippen molar-refractivity contribution in [1.82, 2.24) is 15.3 Å².